The van der Waals surface area contributed by atoms with Crippen LogP contribution in [0.1, 0.15) is 56.3 Å². The van der Waals surface area contributed by atoms with Gasteiger partial charge in [0.2, 0.25) is 0 Å². The Hall–Kier alpha value is -2.73. The number of carbonyl (C=O) groups is 1. The smallest absolute Gasteiger partial charge is 0.282 e. The van der Waals surface area contributed by atoms with Crippen LogP contribution in [-0.2, 0) is 4.79 Å². The van der Waals surface area contributed by atoms with Crippen molar-refractivity contribution in [2.45, 2.75) is 44.9 Å². The van der Waals surface area contributed by atoms with Gasteiger partial charge in [0.15, 0.2) is 18.1 Å². The Morgan fingerprint density at radius 1 is 1.07 bits per heavy atom. The summed E-state index contributed by atoms with van der Waals surface area (Å²) in [5.74, 6) is 1.25. The van der Waals surface area contributed by atoms with E-state index in [0.717, 1.165) is 30.2 Å². The van der Waals surface area contributed by atoms with Gasteiger partial charge in [-0.1, -0.05) is 46.8 Å². The van der Waals surface area contributed by atoms with Gasteiger partial charge in [-0.15, -0.1) is 0 Å². The molecular weight excluding hydrogens is 768 g/mol. The van der Waals surface area contributed by atoms with Crippen LogP contribution < -0.4 is 20.3 Å². The molecule has 0 aliphatic heterocycles. The minimum atomic E-state index is -0.344. The average molecular weight is 796 g/mol. The largest absolute Gasteiger partial charge is 0.490 e. The predicted octanol–water partition coefficient (Wildman–Crippen LogP) is 8.68. The second kappa shape index (κ2) is 14.4. The first-order valence-electron chi connectivity index (χ1n) is 13.8. The third-order valence-electron chi connectivity index (χ3n) is 7.05. The van der Waals surface area contributed by atoms with Crippen molar-refractivity contribution in [1.82, 2.24) is 9.66 Å². The van der Waals surface area contributed by atoms with Gasteiger partial charge < -0.3 is 14.8 Å². The summed E-state index contributed by atoms with van der Waals surface area (Å²) in [6, 6.07) is 14.1. The van der Waals surface area contributed by atoms with Crippen LogP contribution in [0.25, 0.3) is 10.9 Å². The maximum Gasteiger partial charge on any atom is 0.282 e. The molecule has 1 aromatic heterocycles. The molecule has 1 aliphatic carbocycles. The molecule has 1 N–H and O–H groups in total. The van der Waals surface area contributed by atoms with Gasteiger partial charge in [-0.2, -0.15) is 9.78 Å². The molecule has 0 atom stereocenters. The summed E-state index contributed by atoms with van der Waals surface area (Å²) < 4.78 is 15.2. The summed E-state index contributed by atoms with van der Waals surface area (Å²) in [5, 5.41) is 8.51. The lowest BCUT2D eigenvalue weighted by molar-refractivity contribution is -0.118. The second-order valence-electron chi connectivity index (χ2n) is 10.0. The molecule has 3 aromatic carbocycles. The van der Waals surface area contributed by atoms with Gasteiger partial charge in [-0.3, -0.25) is 9.59 Å². The molecule has 1 saturated carbocycles. The highest BCUT2D eigenvalue weighted by atomic mass is 79.9. The zero-order valence-corrected chi connectivity index (χ0v) is 28.7. The number of ether oxygens (including phenoxy) is 2. The van der Waals surface area contributed by atoms with Crippen LogP contribution in [0.3, 0.4) is 0 Å². The Balaban J connectivity index is 1.47. The zero-order chi connectivity index (χ0) is 30.5. The third-order valence-corrected chi connectivity index (χ3v) is 9.94. The minimum Gasteiger partial charge on any atom is -0.490 e. The van der Waals surface area contributed by atoms with Crippen molar-refractivity contribution in [2.24, 2.45) is 5.10 Å². The Labute approximate surface area is 279 Å². The molecule has 43 heavy (non-hydrogen) atoms. The molecular formula is C31H28Br3ClN4O4. The number of hydrogen-bond donors (Lipinski definition) is 1. The van der Waals surface area contributed by atoms with Crippen molar-refractivity contribution < 1.29 is 14.3 Å². The number of rotatable bonds is 9. The first-order chi connectivity index (χ1) is 20.7. The quantitative estimate of drug-likeness (QED) is 0.171. The number of halogens is 4. The molecule has 224 valence electrons. The highest BCUT2D eigenvalue weighted by Gasteiger charge is 2.23. The number of nitrogens with zero attached hydrogens (tertiary/aromatic N) is 3. The van der Waals surface area contributed by atoms with E-state index >= 15 is 0 Å². The lowest BCUT2D eigenvalue weighted by Gasteiger charge is -2.23. The summed E-state index contributed by atoms with van der Waals surface area (Å²) in [4.78, 5) is 31.2. The normalized spacial score (nSPS) is 13.9. The summed E-state index contributed by atoms with van der Waals surface area (Å²) >= 11 is 16.6. The highest BCUT2D eigenvalue weighted by molar-refractivity contribution is 9.13. The van der Waals surface area contributed by atoms with Crippen LogP contribution in [0.15, 0.2) is 71.8 Å². The first kappa shape index (κ1) is 31.7. The Morgan fingerprint density at radius 2 is 1.81 bits per heavy atom. The molecule has 1 amide bonds. The molecule has 1 fully saturated rings. The van der Waals surface area contributed by atoms with Crippen LogP contribution in [0, 0.1) is 0 Å². The first-order valence-corrected chi connectivity index (χ1v) is 16.6. The molecule has 4 aromatic rings. The zero-order valence-electron chi connectivity index (χ0n) is 23.2. The summed E-state index contributed by atoms with van der Waals surface area (Å²) in [6.07, 6.45) is 6.91. The molecule has 1 aliphatic rings. The number of hydrogen-bond acceptors (Lipinski definition) is 6. The predicted molar refractivity (Wildman–Crippen MR) is 181 cm³/mol. The fourth-order valence-electron chi connectivity index (χ4n) is 4.99. The van der Waals surface area contributed by atoms with Crippen molar-refractivity contribution in [2.75, 3.05) is 18.5 Å². The maximum atomic E-state index is 13.7. The van der Waals surface area contributed by atoms with E-state index in [1.807, 2.05) is 19.1 Å². The molecule has 5 rings (SSSR count). The van der Waals surface area contributed by atoms with E-state index in [-0.39, 0.29) is 24.0 Å². The number of amides is 1. The van der Waals surface area contributed by atoms with Gasteiger partial charge in [-0.25, -0.2) is 4.98 Å². The fourth-order valence-corrected chi connectivity index (χ4v) is 6.41. The second-order valence-corrected chi connectivity index (χ2v) is 13.0. The van der Waals surface area contributed by atoms with Gasteiger partial charge in [0.25, 0.3) is 11.5 Å². The van der Waals surface area contributed by atoms with E-state index in [2.05, 4.69) is 58.2 Å². The number of aromatic nitrogens is 2. The Morgan fingerprint density at radius 3 is 2.53 bits per heavy atom. The summed E-state index contributed by atoms with van der Waals surface area (Å²) in [6.45, 7) is 1.97. The van der Waals surface area contributed by atoms with Crippen molar-refractivity contribution in [3.63, 3.8) is 0 Å². The standard InChI is InChI=1S/C31H28Br3ClN4O4/c1-2-42-25-14-19(27(33)28(34)29(25)43-17-26(40)37-22-11-9-21(35)10-12-22)16-36-39-30(18-6-4-3-5-7-18)38-24-13-8-20(32)15-23(24)31(39)41/h8-16,18H,2-7,17H2,1H3,(H,37,40). The topological polar surface area (TPSA) is 94.8 Å². The van der Waals surface area contributed by atoms with Crippen molar-refractivity contribution in [1.29, 1.82) is 0 Å². The van der Waals surface area contributed by atoms with E-state index in [0.29, 0.717) is 60.1 Å². The third kappa shape index (κ3) is 7.50. The molecule has 0 radical (unpaired) electrons. The van der Waals surface area contributed by atoms with Crippen molar-refractivity contribution in [3.05, 3.63) is 88.7 Å². The van der Waals surface area contributed by atoms with Gasteiger partial charge in [0.05, 0.1) is 28.2 Å². The minimum absolute atomic E-state index is 0.149. The van der Waals surface area contributed by atoms with E-state index < -0.39 is 0 Å². The van der Waals surface area contributed by atoms with Gasteiger partial charge >= 0.3 is 0 Å². The Bertz CT molecular complexity index is 1740. The summed E-state index contributed by atoms with van der Waals surface area (Å²) in [7, 11) is 0. The highest BCUT2D eigenvalue weighted by Crippen LogP contribution is 2.42. The fraction of sp³-hybridized carbons (Fsp3) is 0.290. The molecule has 0 unspecified atom stereocenters. The van der Waals surface area contributed by atoms with Crippen LogP contribution in [0.4, 0.5) is 5.69 Å². The van der Waals surface area contributed by atoms with Crippen molar-refractivity contribution >= 4 is 88.1 Å². The van der Waals surface area contributed by atoms with E-state index in [4.69, 9.17) is 26.1 Å². The van der Waals surface area contributed by atoms with Crippen LogP contribution in [0.2, 0.25) is 5.02 Å². The van der Waals surface area contributed by atoms with E-state index in [1.165, 1.54) is 11.1 Å². The van der Waals surface area contributed by atoms with Gasteiger partial charge in [0.1, 0.15) is 5.82 Å². The SMILES string of the molecule is CCOc1cc(C=Nn2c(C3CCCCC3)nc3ccc(Br)cc3c2=O)c(Br)c(Br)c1OCC(=O)Nc1ccc(Cl)cc1. The van der Waals surface area contributed by atoms with E-state index in [1.54, 1.807) is 42.6 Å². The summed E-state index contributed by atoms with van der Waals surface area (Å²) in [5.41, 5.74) is 1.68. The van der Waals surface area contributed by atoms with Gasteiger partial charge in [-0.05, 0) is 100 Å². The van der Waals surface area contributed by atoms with Crippen LogP contribution >= 0.6 is 59.4 Å². The number of nitrogens with one attached hydrogen (secondary N) is 1. The molecule has 0 spiro atoms. The monoisotopic (exact) mass is 792 g/mol. The number of benzene rings is 3. The maximum absolute atomic E-state index is 13.7. The molecule has 8 nitrogen and oxygen atoms in total. The van der Waals surface area contributed by atoms with Crippen molar-refractivity contribution in [3.8, 4) is 11.5 Å². The molecule has 0 saturated heterocycles. The average Bonchev–Trinajstić information content (AvgIpc) is 3.00. The molecule has 12 heteroatoms. The number of anilines is 1. The molecule has 0 bridgehead atoms. The lowest BCUT2D eigenvalue weighted by Crippen LogP contribution is -2.25. The molecule has 1 heterocycles. The van der Waals surface area contributed by atoms with Crippen LogP contribution in [0.5, 0.6) is 11.5 Å². The van der Waals surface area contributed by atoms with E-state index in [9.17, 15) is 9.59 Å². The lowest BCUT2D eigenvalue weighted by atomic mass is 9.88. The number of carbonyl (C=O) groups excluding carboxylic acids is 1. The van der Waals surface area contributed by atoms with Gasteiger partial charge in [0, 0.05) is 31.1 Å². The Kier molecular flexibility index (Phi) is 10.6. The number of fused-ring (bicyclic) bond motifs is 1. The van der Waals surface area contributed by atoms with Crippen LogP contribution in [-0.4, -0.2) is 35.0 Å².